The van der Waals surface area contributed by atoms with Crippen LogP contribution in [0, 0.1) is 0 Å². The molecule has 0 saturated carbocycles. The lowest BCUT2D eigenvalue weighted by atomic mass is 10.5. The van der Waals surface area contributed by atoms with Gasteiger partial charge in [-0.25, -0.2) is 8.42 Å². The lowest BCUT2D eigenvalue weighted by molar-refractivity contribution is 0.0787. The molecule has 1 unspecified atom stereocenters. The number of nitrogens with one attached hydrogen (secondary N) is 1. The molecule has 0 aliphatic carbocycles. The van der Waals surface area contributed by atoms with Crippen LogP contribution in [-0.2, 0) is 14.6 Å². The van der Waals surface area contributed by atoms with E-state index in [1.54, 1.807) is 0 Å². The molecule has 1 fully saturated rings. The van der Waals surface area contributed by atoms with Crippen molar-refractivity contribution in [2.75, 3.05) is 25.4 Å². The van der Waals surface area contributed by atoms with Crippen LogP contribution in [0.25, 0.3) is 0 Å². The van der Waals surface area contributed by atoms with Crippen molar-refractivity contribution in [3.05, 3.63) is 12.7 Å². The van der Waals surface area contributed by atoms with Crippen molar-refractivity contribution in [1.82, 2.24) is 5.32 Å². The van der Waals surface area contributed by atoms with E-state index in [2.05, 4.69) is 11.9 Å². The van der Waals surface area contributed by atoms with E-state index >= 15 is 0 Å². The largest absolute Gasteiger partial charge is 0.360 e. The number of sulfone groups is 1. The van der Waals surface area contributed by atoms with E-state index in [1.165, 1.54) is 6.08 Å². The normalized spacial score (nSPS) is 25.2. The minimum atomic E-state index is -3.14. The van der Waals surface area contributed by atoms with Gasteiger partial charge in [0.05, 0.1) is 12.4 Å². The number of rotatable bonds is 3. The molecule has 1 aliphatic heterocycles. The molecule has 1 rings (SSSR count). The zero-order valence-corrected chi connectivity index (χ0v) is 7.64. The van der Waals surface area contributed by atoms with Crippen LogP contribution in [0.1, 0.15) is 0 Å². The standard InChI is InChI=1S/C7H13NO3S/c1-2-5-12(9,10)7-6-8-3-4-11-7/h2,7-8H,1,3-6H2. The van der Waals surface area contributed by atoms with Gasteiger partial charge in [0.15, 0.2) is 15.3 Å². The molecule has 1 heterocycles. The Hall–Kier alpha value is -0.390. The Labute approximate surface area is 72.5 Å². The fourth-order valence-electron chi connectivity index (χ4n) is 1.04. The minimum Gasteiger partial charge on any atom is -0.360 e. The molecule has 1 N–H and O–H groups in total. The Kier molecular flexibility index (Phi) is 3.25. The van der Waals surface area contributed by atoms with Gasteiger partial charge in [-0.05, 0) is 0 Å². The Bertz CT molecular complexity index is 241. The highest BCUT2D eigenvalue weighted by atomic mass is 32.2. The molecule has 1 aliphatic rings. The first-order valence-electron chi connectivity index (χ1n) is 3.81. The van der Waals surface area contributed by atoms with Gasteiger partial charge >= 0.3 is 0 Å². The van der Waals surface area contributed by atoms with E-state index in [0.717, 1.165) is 6.54 Å². The summed E-state index contributed by atoms with van der Waals surface area (Å²) >= 11 is 0. The summed E-state index contributed by atoms with van der Waals surface area (Å²) in [5, 5.41) is 2.96. The van der Waals surface area contributed by atoms with Crippen molar-refractivity contribution in [3.63, 3.8) is 0 Å². The zero-order chi connectivity index (χ0) is 9.03. The molecule has 0 bridgehead atoms. The predicted molar refractivity (Wildman–Crippen MR) is 46.6 cm³/mol. The van der Waals surface area contributed by atoms with Crippen LogP contribution < -0.4 is 5.32 Å². The molecule has 0 spiro atoms. The predicted octanol–water partition coefficient (Wildman–Crippen LogP) is -0.467. The maximum atomic E-state index is 11.3. The van der Waals surface area contributed by atoms with Gasteiger partial charge in [-0.2, -0.15) is 0 Å². The highest BCUT2D eigenvalue weighted by molar-refractivity contribution is 7.92. The average molecular weight is 191 g/mol. The van der Waals surface area contributed by atoms with Crippen molar-refractivity contribution in [2.24, 2.45) is 0 Å². The van der Waals surface area contributed by atoms with Crippen LogP contribution >= 0.6 is 0 Å². The van der Waals surface area contributed by atoms with E-state index < -0.39 is 15.3 Å². The number of hydrogen-bond acceptors (Lipinski definition) is 4. The van der Waals surface area contributed by atoms with Crippen LogP contribution in [0.15, 0.2) is 12.7 Å². The molecule has 0 aromatic rings. The Morgan fingerprint density at radius 1 is 1.67 bits per heavy atom. The molecule has 0 aromatic heterocycles. The second-order valence-corrected chi connectivity index (χ2v) is 4.81. The quantitative estimate of drug-likeness (QED) is 0.613. The first kappa shape index (κ1) is 9.70. The third-order valence-electron chi connectivity index (χ3n) is 1.64. The lowest BCUT2D eigenvalue weighted by Crippen LogP contribution is -2.43. The van der Waals surface area contributed by atoms with E-state index in [-0.39, 0.29) is 5.75 Å². The second kappa shape index (κ2) is 4.02. The first-order chi connectivity index (χ1) is 5.67. The van der Waals surface area contributed by atoms with E-state index in [4.69, 9.17) is 4.74 Å². The maximum absolute atomic E-state index is 11.3. The maximum Gasteiger partial charge on any atom is 0.181 e. The monoisotopic (exact) mass is 191 g/mol. The molecule has 12 heavy (non-hydrogen) atoms. The van der Waals surface area contributed by atoms with Gasteiger partial charge in [-0.15, -0.1) is 6.58 Å². The van der Waals surface area contributed by atoms with E-state index in [1.807, 2.05) is 0 Å². The third-order valence-corrected chi connectivity index (χ3v) is 3.45. The zero-order valence-electron chi connectivity index (χ0n) is 6.82. The summed E-state index contributed by atoms with van der Waals surface area (Å²) in [5.41, 5.74) is -0.691. The lowest BCUT2D eigenvalue weighted by Gasteiger charge is -2.22. The summed E-state index contributed by atoms with van der Waals surface area (Å²) in [7, 11) is -3.14. The smallest absolute Gasteiger partial charge is 0.181 e. The van der Waals surface area contributed by atoms with Crippen LogP contribution in [-0.4, -0.2) is 39.3 Å². The highest BCUT2D eigenvalue weighted by Gasteiger charge is 2.26. The molecule has 70 valence electrons. The molecule has 0 radical (unpaired) electrons. The summed E-state index contributed by atoms with van der Waals surface area (Å²) in [5.74, 6) is -0.0145. The molecular weight excluding hydrogens is 178 g/mol. The molecular formula is C7H13NO3S. The van der Waals surface area contributed by atoms with Gasteiger partial charge in [0.1, 0.15) is 0 Å². The fourth-order valence-corrected chi connectivity index (χ4v) is 2.26. The first-order valence-corrected chi connectivity index (χ1v) is 5.53. The molecule has 0 aromatic carbocycles. The van der Waals surface area contributed by atoms with Gasteiger partial charge in [-0.3, -0.25) is 0 Å². The van der Waals surface area contributed by atoms with Gasteiger partial charge in [0, 0.05) is 13.1 Å². The average Bonchev–Trinajstić information content (AvgIpc) is 2.06. The fraction of sp³-hybridized carbons (Fsp3) is 0.714. The molecule has 5 heteroatoms. The molecule has 1 saturated heterocycles. The Morgan fingerprint density at radius 2 is 2.42 bits per heavy atom. The topological polar surface area (TPSA) is 55.4 Å². The third kappa shape index (κ3) is 2.30. The summed E-state index contributed by atoms with van der Waals surface area (Å²) < 4.78 is 27.8. The van der Waals surface area contributed by atoms with Crippen LogP contribution in [0.5, 0.6) is 0 Å². The van der Waals surface area contributed by atoms with Crippen LogP contribution in [0.4, 0.5) is 0 Å². The van der Waals surface area contributed by atoms with Gasteiger partial charge in [0.25, 0.3) is 0 Å². The summed E-state index contributed by atoms with van der Waals surface area (Å²) in [6, 6.07) is 0. The Morgan fingerprint density at radius 3 is 2.92 bits per heavy atom. The molecule has 0 amide bonds. The van der Waals surface area contributed by atoms with E-state index in [9.17, 15) is 8.42 Å². The molecule has 1 atom stereocenters. The van der Waals surface area contributed by atoms with Gasteiger partial charge in [-0.1, -0.05) is 6.08 Å². The van der Waals surface area contributed by atoms with Crippen molar-refractivity contribution in [3.8, 4) is 0 Å². The van der Waals surface area contributed by atoms with Crippen molar-refractivity contribution >= 4 is 9.84 Å². The van der Waals surface area contributed by atoms with Gasteiger partial charge in [0.2, 0.25) is 0 Å². The van der Waals surface area contributed by atoms with Gasteiger partial charge < -0.3 is 10.1 Å². The SMILES string of the molecule is C=CCS(=O)(=O)C1CNCCO1. The summed E-state index contributed by atoms with van der Waals surface area (Å²) in [6.07, 6.45) is 1.38. The summed E-state index contributed by atoms with van der Waals surface area (Å²) in [6.45, 7) is 4.95. The Balaban J connectivity index is 2.60. The van der Waals surface area contributed by atoms with Crippen LogP contribution in [0.2, 0.25) is 0 Å². The van der Waals surface area contributed by atoms with Crippen LogP contribution in [0.3, 0.4) is 0 Å². The number of ether oxygens (including phenoxy) is 1. The van der Waals surface area contributed by atoms with E-state index in [0.29, 0.717) is 13.2 Å². The summed E-state index contributed by atoms with van der Waals surface area (Å²) in [4.78, 5) is 0. The second-order valence-electron chi connectivity index (χ2n) is 2.62. The number of morpholine rings is 1. The molecule has 4 nitrogen and oxygen atoms in total. The van der Waals surface area contributed by atoms with Crippen molar-refractivity contribution in [1.29, 1.82) is 0 Å². The van der Waals surface area contributed by atoms with Crippen molar-refractivity contribution < 1.29 is 13.2 Å². The minimum absolute atomic E-state index is 0.0145. The number of hydrogen-bond donors (Lipinski definition) is 1. The van der Waals surface area contributed by atoms with Crippen molar-refractivity contribution in [2.45, 2.75) is 5.44 Å². The highest BCUT2D eigenvalue weighted by Crippen LogP contribution is 2.06.